The highest BCUT2D eigenvalue weighted by molar-refractivity contribution is 7.89. The van der Waals surface area contributed by atoms with Crippen LogP contribution in [0.4, 0.5) is 0 Å². The summed E-state index contributed by atoms with van der Waals surface area (Å²) in [6.07, 6.45) is 3.14. The Labute approximate surface area is 219 Å². The Morgan fingerprint density at radius 3 is 2.45 bits per heavy atom. The molecule has 4 aromatic rings. The van der Waals surface area contributed by atoms with E-state index >= 15 is 0 Å². The van der Waals surface area contributed by atoms with E-state index in [1.165, 1.54) is 42.8 Å². The SMILES string of the molecule is CCOC(=O)c1cccc(S(=O)(=O)N(Cc2cccnc2)Cc2cc3cc(OC)c(OC)cc3[nH]c2=O)c1. The zero-order valence-corrected chi connectivity index (χ0v) is 21.9. The van der Waals surface area contributed by atoms with Crippen LogP contribution in [0.1, 0.15) is 28.4 Å². The predicted molar refractivity (Wildman–Crippen MR) is 141 cm³/mol. The van der Waals surface area contributed by atoms with Gasteiger partial charge in [-0.25, -0.2) is 13.2 Å². The number of aromatic nitrogens is 2. The summed E-state index contributed by atoms with van der Waals surface area (Å²) in [5.74, 6) is 0.290. The van der Waals surface area contributed by atoms with Gasteiger partial charge in [-0.05, 0) is 48.9 Å². The number of hydrogen-bond donors (Lipinski definition) is 1. The minimum atomic E-state index is -4.16. The number of fused-ring (bicyclic) bond motifs is 1. The van der Waals surface area contributed by atoms with Crippen LogP contribution >= 0.6 is 0 Å². The molecule has 0 saturated heterocycles. The molecule has 2 aromatic carbocycles. The van der Waals surface area contributed by atoms with Crippen molar-refractivity contribution < 1.29 is 27.4 Å². The number of nitrogens with zero attached hydrogens (tertiary/aromatic N) is 2. The van der Waals surface area contributed by atoms with E-state index in [-0.39, 0.29) is 35.7 Å². The first kappa shape index (κ1) is 26.8. The number of rotatable bonds is 10. The fourth-order valence-corrected chi connectivity index (χ4v) is 5.41. The molecule has 11 heteroatoms. The maximum Gasteiger partial charge on any atom is 0.338 e. The molecule has 0 saturated carbocycles. The summed E-state index contributed by atoms with van der Waals surface area (Å²) in [5, 5.41) is 0.639. The third kappa shape index (κ3) is 5.68. The molecule has 0 unspecified atom stereocenters. The number of esters is 1. The number of ether oxygens (including phenoxy) is 3. The zero-order valence-electron chi connectivity index (χ0n) is 21.1. The van der Waals surface area contributed by atoms with Crippen LogP contribution in [0.2, 0.25) is 0 Å². The molecule has 2 aromatic heterocycles. The Morgan fingerprint density at radius 2 is 1.76 bits per heavy atom. The summed E-state index contributed by atoms with van der Waals surface area (Å²) in [7, 11) is -1.16. The number of carbonyl (C=O) groups excluding carboxylic acids is 1. The van der Waals surface area contributed by atoms with E-state index in [1.54, 1.807) is 49.6 Å². The van der Waals surface area contributed by atoms with E-state index in [2.05, 4.69) is 9.97 Å². The predicted octanol–water partition coefficient (Wildman–Crippen LogP) is 3.51. The second kappa shape index (κ2) is 11.4. The lowest BCUT2D eigenvalue weighted by molar-refractivity contribution is 0.0526. The van der Waals surface area contributed by atoms with Crippen molar-refractivity contribution in [2.75, 3.05) is 20.8 Å². The average Bonchev–Trinajstić information content (AvgIpc) is 2.93. The van der Waals surface area contributed by atoms with Crippen LogP contribution in [0.15, 0.2) is 76.7 Å². The molecule has 10 nitrogen and oxygen atoms in total. The van der Waals surface area contributed by atoms with Crippen LogP contribution in [0.5, 0.6) is 11.5 Å². The Bertz CT molecular complexity index is 1620. The molecule has 0 atom stereocenters. The molecular formula is C27H27N3O7S. The Kier molecular flexibility index (Phi) is 8.08. The molecule has 38 heavy (non-hydrogen) atoms. The average molecular weight is 538 g/mol. The van der Waals surface area contributed by atoms with Crippen LogP contribution in [0.3, 0.4) is 0 Å². The van der Waals surface area contributed by atoms with E-state index in [0.717, 1.165) is 0 Å². The van der Waals surface area contributed by atoms with Crippen LogP contribution in [0, 0.1) is 0 Å². The van der Waals surface area contributed by atoms with Gasteiger partial charge in [-0.3, -0.25) is 9.78 Å². The lowest BCUT2D eigenvalue weighted by atomic mass is 10.1. The fraction of sp³-hybridized carbons (Fsp3) is 0.222. The molecule has 0 spiro atoms. The second-order valence-electron chi connectivity index (χ2n) is 8.30. The van der Waals surface area contributed by atoms with Gasteiger partial charge in [0.15, 0.2) is 11.5 Å². The number of nitrogens with one attached hydrogen (secondary N) is 1. The van der Waals surface area contributed by atoms with Crippen LogP contribution in [-0.4, -0.2) is 49.5 Å². The number of pyridine rings is 2. The molecule has 198 valence electrons. The third-order valence-electron chi connectivity index (χ3n) is 5.84. The minimum absolute atomic E-state index is 0.0524. The van der Waals surface area contributed by atoms with Gasteiger partial charge in [-0.2, -0.15) is 4.31 Å². The lowest BCUT2D eigenvalue weighted by Gasteiger charge is -2.22. The largest absolute Gasteiger partial charge is 0.493 e. The zero-order chi connectivity index (χ0) is 27.3. The number of hydrogen-bond acceptors (Lipinski definition) is 8. The van der Waals surface area contributed by atoms with Crippen molar-refractivity contribution in [3.8, 4) is 11.5 Å². The maximum absolute atomic E-state index is 13.8. The highest BCUT2D eigenvalue weighted by Crippen LogP contribution is 2.31. The maximum atomic E-state index is 13.8. The van der Waals surface area contributed by atoms with E-state index in [9.17, 15) is 18.0 Å². The van der Waals surface area contributed by atoms with Crippen molar-refractivity contribution in [3.63, 3.8) is 0 Å². The normalized spacial score (nSPS) is 11.5. The van der Waals surface area contributed by atoms with Crippen molar-refractivity contribution in [2.45, 2.75) is 24.9 Å². The fourth-order valence-electron chi connectivity index (χ4n) is 3.95. The van der Waals surface area contributed by atoms with E-state index in [0.29, 0.717) is 28.0 Å². The number of carbonyl (C=O) groups is 1. The number of H-pyrrole nitrogens is 1. The van der Waals surface area contributed by atoms with Gasteiger partial charge in [-0.1, -0.05) is 12.1 Å². The van der Waals surface area contributed by atoms with Gasteiger partial charge in [-0.15, -0.1) is 0 Å². The van der Waals surface area contributed by atoms with Gasteiger partial charge >= 0.3 is 5.97 Å². The van der Waals surface area contributed by atoms with Gasteiger partial charge in [0.1, 0.15) is 0 Å². The topological polar surface area (TPSA) is 128 Å². The molecule has 0 radical (unpaired) electrons. The van der Waals surface area contributed by atoms with E-state index in [1.807, 2.05) is 0 Å². The quantitative estimate of drug-likeness (QED) is 0.305. The Morgan fingerprint density at radius 1 is 1.00 bits per heavy atom. The Hall–Kier alpha value is -4.22. The highest BCUT2D eigenvalue weighted by Gasteiger charge is 2.27. The van der Waals surface area contributed by atoms with E-state index < -0.39 is 21.6 Å². The number of benzene rings is 2. The molecule has 0 aliphatic carbocycles. The smallest absolute Gasteiger partial charge is 0.338 e. The summed E-state index contributed by atoms with van der Waals surface area (Å²) < 4.78 is 44.5. The number of sulfonamides is 1. The summed E-state index contributed by atoms with van der Waals surface area (Å²) >= 11 is 0. The van der Waals surface area contributed by atoms with Crippen LogP contribution < -0.4 is 15.0 Å². The first-order chi connectivity index (χ1) is 18.3. The van der Waals surface area contributed by atoms with Crippen molar-refractivity contribution >= 4 is 26.9 Å². The molecular weight excluding hydrogens is 510 g/mol. The van der Waals surface area contributed by atoms with Gasteiger partial charge in [0.25, 0.3) is 5.56 Å². The van der Waals surface area contributed by atoms with Gasteiger partial charge in [0.2, 0.25) is 10.0 Å². The molecule has 0 bridgehead atoms. The van der Waals surface area contributed by atoms with Crippen molar-refractivity contribution in [3.05, 3.63) is 94.0 Å². The first-order valence-corrected chi connectivity index (χ1v) is 13.1. The molecule has 4 rings (SSSR count). The summed E-state index contributed by atoms with van der Waals surface area (Å²) in [5.41, 5.74) is 1.02. The first-order valence-electron chi connectivity index (χ1n) is 11.7. The molecule has 2 heterocycles. The molecule has 1 N–H and O–H groups in total. The molecule has 0 aliphatic rings. The third-order valence-corrected chi connectivity index (χ3v) is 7.62. The lowest BCUT2D eigenvalue weighted by Crippen LogP contribution is -2.32. The van der Waals surface area contributed by atoms with E-state index in [4.69, 9.17) is 14.2 Å². The minimum Gasteiger partial charge on any atom is -0.493 e. The number of methoxy groups -OCH3 is 2. The summed E-state index contributed by atoms with van der Waals surface area (Å²) in [6, 6.07) is 14.0. The van der Waals surface area contributed by atoms with Gasteiger partial charge < -0.3 is 19.2 Å². The van der Waals surface area contributed by atoms with Crippen molar-refractivity contribution in [1.82, 2.24) is 14.3 Å². The Balaban J connectivity index is 1.78. The number of aromatic amines is 1. The van der Waals surface area contributed by atoms with Crippen LogP contribution in [0.25, 0.3) is 10.9 Å². The van der Waals surface area contributed by atoms with Crippen molar-refractivity contribution in [1.29, 1.82) is 0 Å². The second-order valence-corrected chi connectivity index (χ2v) is 10.2. The monoisotopic (exact) mass is 537 g/mol. The molecule has 0 amide bonds. The van der Waals surface area contributed by atoms with Gasteiger partial charge in [0, 0.05) is 42.5 Å². The van der Waals surface area contributed by atoms with Gasteiger partial charge in [0.05, 0.1) is 36.8 Å². The highest BCUT2D eigenvalue weighted by atomic mass is 32.2. The standard InChI is InChI=1S/C27H27N3O7S/c1-4-37-27(32)19-8-5-9-22(12-19)38(33,34)30(16-18-7-6-10-28-15-18)17-21-11-20-13-24(35-2)25(36-3)14-23(20)29-26(21)31/h5-15H,4,16-17H2,1-3H3,(H,29,31). The molecule has 0 fully saturated rings. The summed E-state index contributed by atoms with van der Waals surface area (Å²) in [4.78, 5) is 32.0. The van der Waals surface area contributed by atoms with Crippen LogP contribution in [-0.2, 0) is 27.8 Å². The molecule has 0 aliphatic heterocycles. The van der Waals surface area contributed by atoms with Crippen molar-refractivity contribution in [2.24, 2.45) is 0 Å². The summed E-state index contributed by atoms with van der Waals surface area (Å²) in [6.45, 7) is 1.54.